The van der Waals surface area contributed by atoms with Crippen molar-refractivity contribution in [3.63, 3.8) is 0 Å². The molecule has 0 aliphatic carbocycles. The van der Waals surface area contributed by atoms with Gasteiger partial charge in [0.1, 0.15) is 5.54 Å². The van der Waals surface area contributed by atoms with E-state index in [-0.39, 0.29) is 17.2 Å². The van der Waals surface area contributed by atoms with Crippen LogP contribution in [0.2, 0.25) is 0 Å². The van der Waals surface area contributed by atoms with Crippen molar-refractivity contribution in [2.45, 2.75) is 47.1 Å². The van der Waals surface area contributed by atoms with Gasteiger partial charge < -0.3 is 10.6 Å². The summed E-state index contributed by atoms with van der Waals surface area (Å²) in [5.74, 6) is -0.492. The van der Waals surface area contributed by atoms with Crippen molar-refractivity contribution in [3.8, 4) is 5.69 Å². The van der Waals surface area contributed by atoms with E-state index < -0.39 is 5.54 Å². The molecule has 0 spiro atoms. The van der Waals surface area contributed by atoms with Gasteiger partial charge >= 0.3 is 0 Å². The van der Waals surface area contributed by atoms with Gasteiger partial charge in [-0.3, -0.25) is 9.59 Å². The lowest BCUT2D eigenvalue weighted by Gasteiger charge is -2.27. The third-order valence-corrected chi connectivity index (χ3v) is 3.88. The van der Waals surface area contributed by atoms with E-state index in [0.717, 1.165) is 11.3 Å². The number of rotatable bonds is 5. The van der Waals surface area contributed by atoms with E-state index in [1.54, 1.807) is 36.9 Å². The molecule has 6 nitrogen and oxygen atoms in total. The molecule has 0 atom stereocenters. The highest BCUT2D eigenvalue weighted by atomic mass is 16.2. The SMILES string of the molecule is Cc1cnn(-c2ccc(C(=O)NC(C)(C)C(=O)NCC(C)(C)C)cc2)c1. The van der Waals surface area contributed by atoms with Crippen molar-refractivity contribution in [3.05, 3.63) is 47.8 Å². The second-order valence-corrected chi connectivity index (χ2v) is 8.33. The van der Waals surface area contributed by atoms with Crippen LogP contribution in [0.3, 0.4) is 0 Å². The van der Waals surface area contributed by atoms with Gasteiger partial charge in [-0.1, -0.05) is 20.8 Å². The van der Waals surface area contributed by atoms with Crippen LogP contribution in [0.25, 0.3) is 5.69 Å². The van der Waals surface area contributed by atoms with Gasteiger partial charge in [0.25, 0.3) is 5.91 Å². The lowest BCUT2D eigenvalue weighted by Crippen LogP contribution is -2.55. The highest BCUT2D eigenvalue weighted by Gasteiger charge is 2.30. The molecule has 2 aromatic rings. The maximum Gasteiger partial charge on any atom is 0.252 e. The van der Waals surface area contributed by atoms with E-state index in [4.69, 9.17) is 0 Å². The summed E-state index contributed by atoms with van der Waals surface area (Å²) in [6, 6.07) is 7.11. The number of aryl methyl sites for hydroxylation is 1. The van der Waals surface area contributed by atoms with Crippen molar-refractivity contribution >= 4 is 11.8 Å². The topological polar surface area (TPSA) is 76.0 Å². The van der Waals surface area contributed by atoms with Crippen LogP contribution in [0, 0.1) is 12.3 Å². The predicted molar refractivity (Wildman–Crippen MR) is 102 cm³/mol. The molecule has 0 unspecified atom stereocenters. The molecular formula is C20H28N4O2. The molecule has 0 bridgehead atoms. The Morgan fingerprint density at radius 2 is 1.69 bits per heavy atom. The Bertz CT molecular complexity index is 783. The first-order valence-electron chi connectivity index (χ1n) is 8.70. The van der Waals surface area contributed by atoms with Gasteiger partial charge in [-0.15, -0.1) is 0 Å². The zero-order valence-corrected chi connectivity index (χ0v) is 16.4. The molecular weight excluding hydrogens is 328 g/mol. The number of hydrogen-bond donors (Lipinski definition) is 2. The summed E-state index contributed by atoms with van der Waals surface area (Å²) in [5, 5.41) is 9.93. The second kappa shape index (κ2) is 7.32. The van der Waals surface area contributed by atoms with Crippen molar-refractivity contribution in [2.75, 3.05) is 6.54 Å². The number of amides is 2. The molecule has 0 radical (unpaired) electrons. The standard InChI is InChI=1S/C20H28N4O2/c1-14-11-22-24(12-14)16-9-7-15(8-10-16)17(25)23-20(5,6)18(26)21-13-19(2,3)4/h7-12H,13H2,1-6H3,(H,21,26)(H,23,25). The third-order valence-electron chi connectivity index (χ3n) is 3.88. The molecule has 26 heavy (non-hydrogen) atoms. The van der Waals surface area contributed by atoms with E-state index >= 15 is 0 Å². The Hall–Kier alpha value is -2.63. The largest absolute Gasteiger partial charge is 0.354 e. The summed E-state index contributed by atoms with van der Waals surface area (Å²) in [6.45, 7) is 12.0. The van der Waals surface area contributed by atoms with Gasteiger partial charge in [0.05, 0.1) is 11.9 Å². The fraction of sp³-hybridized carbons (Fsp3) is 0.450. The number of carbonyl (C=O) groups is 2. The van der Waals surface area contributed by atoms with Crippen molar-refractivity contribution < 1.29 is 9.59 Å². The summed E-state index contributed by atoms with van der Waals surface area (Å²) in [7, 11) is 0. The summed E-state index contributed by atoms with van der Waals surface area (Å²) >= 11 is 0. The average Bonchev–Trinajstić information content (AvgIpc) is 2.98. The number of hydrogen-bond acceptors (Lipinski definition) is 3. The van der Waals surface area contributed by atoms with Gasteiger partial charge in [-0.05, 0) is 56.0 Å². The van der Waals surface area contributed by atoms with E-state index in [1.165, 1.54) is 0 Å². The van der Waals surface area contributed by atoms with Gasteiger partial charge in [0, 0.05) is 18.3 Å². The van der Waals surface area contributed by atoms with E-state index in [2.05, 4.69) is 15.7 Å². The molecule has 2 amide bonds. The molecule has 140 valence electrons. The molecule has 1 aromatic carbocycles. The lowest BCUT2D eigenvalue weighted by atomic mass is 9.96. The van der Waals surface area contributed by atoms with Crippen molar-refractivity contribution in [1.29, 1.82) is 0 Å². The Balaban J connectivity index is 2.03. The first kappa shape index (κ1) is 19.7. The van der Waals surface area contributed by atoms with E-state index in [1.807, 2.05) is 46.0 Å². The zero-order valence-electron chi connectivity index (χ0n) is 16.4. The average molecular weight is 356 g/mol. The predicted octanol–water partition coefficient (Wildman–Crippen LogP) is 2.85. The van der Waals surface area contributed by atoms with Crippen LogP contribution in [0.5, 0.6) is 0 Å². The minimum Gasteiger partial charge on any atom is -0.354 e. The molecule has 0 fully saturated rings. The van der Waals surface area contributed by atoms with Gasteiger partial charge in [-0.2, -0.15) is 5.10 Å². The second-order valence-electron chi connectivity index (χ2n) is 8.33. The molecule has 0 saturated heterocycles. The molecule has 0 aliphatic rings. The zero-order chi connectivity index (χ0) is 19.5. The Morgan fingerprint density at radius 3 is 2.19 bits per heavy atom. The molecule has 0 aliphatic heterocycles. The molecule has 2 N–H and O–H groups in total. The van der Waals surface area contributed by atoms with E-state index in [0.29, 0.717) is 12.1 Å². The summed E-state index contributed by atoms with van der Waals surface area (Å²) in [4.78, 5) is 24.9. The van der Waals surface area contributed by atoms with Crippen LogP contribution in [0.4, 0.5) is 0 Å². The summed E-state index contributed by atoms with van der Waals surface area (Å²) in [6.07, 6.45) is 3.69. The Kier molecular flexibility index (Phi) is 5.54. The molecule has 2 rings (SSSR count). The number of carbonyl (C=O) groups excluding carboxylic acids is 2. The van der Waals surface area contributed by atoms with E-state index in [9.17, 15) is 9.59 Å². The maximum absolute atomic E-state index is 12.5. The number of nitrogens with one attached hydrogen (secondary N) is 2. The number of nitrogens with zero attached hydrogens (tertiary/aromatic N) is 2. The van der Waals surface area contributed by atoms with Gasteiger partial charge in [0.2, 0.25) is 5.91 Å². The maximum atomic E-state index is 12.5. The highest BCUT2D eigenvalue weighted by Crippen LogP contribution is 2.13. The van der Waals surface area contributed by atoms with Crippen LogP contribution >= 0.6 is 0 Å². The number of aromatic nitrogens is 2. The fourth-order valence-corrected chi connectivity index (χ4v) is 2.30. The Labute approximate surface area is 155 Å². The summed E-state index contributed by atoms with van der Waals surface area (Å²) < 4.78 is 1.75. The first-order valence-corrected chi connectivity index (χ1v) is 8.70. The van der Waals surface area contributed by atoms with Crippen LogP contribution < -0.4 is 10.6 Å². The van der Waals surface area contributed by atoms with Crippen LogP contribution in [0.1, 0.15) is 50.5 Å². The highest BCUT2D eigenvalue weighted by molar-refractivity contribution is 5.99. The monoisotopic (exact) mass is 356 g/mol. The van der Waals surface area contributed by atoms with Crippen molar-refractivity contribution in [1.82, 2.24) is 20.4 Å². The lowest BCUT2D eigenvalue weighted by molar-refractivity contribution is -0.126. The minimum absolute atomic E-state index is 0.0174. The molecule has 1 heterocycles. The molecule has 6 heteroatoms. The fourth-order valence-electron chi connectivity index (χ4n) is 2.30. The van der Waals surface area contributed by atoms with Gasteiger partial charge in [-0.25, -0.2) is 4.68 Å². The first-order chi connectivity index (χ1) is 12.0. The van der Waals surface area contributed by atoms with Crippen LogP contribution in [-0.4, -0.2) is 33.7 Å². The van der Waals surface area contributed by atoms with Crippen LogP contribution in [0.15, 0.2) is 36.7 Å². The number of benzene rings is 1. The molecule has 0 saturated carbocycles. The van der Waals surface area contributed by atoms with Gasteiger partial charge in [0.15, 0.2) is 0 Å². The minimum atomic E-state index is -1.000. The third kappa shape index (κ3) is 5.18. The van der Waals surface area contributed by atoms with Crippen molar-refractivity contribution in [2.24, 2.45) is 5.41 Å². The smallest absolute Gasteiger partial charge is 0.252 e. The normalized spacial score (nSPS) is 11.9. The summed E-state index contributed by atoms with van der Waals surface area (Å²) in [5.41, 5.74) is 1.41. The quantitative estimate of drug-likeness (QED) is 0.865. The molecule has 1 aromatic heterocycles. The Morgan fingerprint density at radius 1 is 1.08 bits per heavy atom. The van der Waals surface area contributed by atoms with Crippen LogP contribution in [-0.2, 0) is 4.79 Å².